The van der Waals surface area contributed by atoms with Gasteiger partial charge in [0.1, 0.15) is 5.75 Å². The number of ether oxygens (including phenoxy) is 1. The quantitative estimate of drug-likeness (QED) is 0.336. The van der Waals surface area contributed by atoms with Gasteiger partial charge in [-0.15, -0.1) is 0 Å². The van der Waals surface area contributed by atoms with E-state index in [9.17, 15) is 4.79 Å². The summed E-state index contributed by atoms with van der Waals surface area (Å²) in [5, 5.41) is 1.60. The lowest BCUT2D eigenvalue weighted by Gasteiger charge is -2.37. The average Bonchev–Trinajstić information content (AvgIpc) is 2.89. The van der Waals surface area contributed by atoms with Gasteiger partial charge in [-0.05, 0) is 55.8 Å². The Morgan fingerprint density at radius 1 is 0.971 bits per heavy atom. The summed E-state index contributed by atoms with van der Waals surface area (Å²) in [5.74, 6) is 0.827. The predicted octanol–water partition coefficient (Wildman–Crippen LogP) is 6.22. The number of piperazine rings is 1. The first-order chi connectivity index (χ1) is 17.0. The fourth-order valence-electron chi connectivity index (χ4n) is 4.66. The van der Waals surface area contributed by atoms with E-state index in [2.05, 4.69) is 11.8 Å². The number of hydrogen-bond donors (Lipinski definition) is 0. The largest absolute Gasteiger partial charge is 0.494 e. The third kappa shape index (κ3) is 4.82. The van der Waals surface area contributed by atoms with Gasteiger partial charge >= 0.3 is 0 Å². The van der Waals surface area contributed by atoms with Crippen molar-refractivity contribution >= 4 is 34.1 Å². The highest BCUT2D eigenvalue weighted by atomic mass is 35.5. The highest BCUT2D eigenvalue weighted by molar-refractivity contribution is 6.30. The maximum Gasteiger partial charge on any atom is 0.254 e. The second kappa shape index (κ2) is 9.96. The Balaban J connectivity index is 1.44. The summed E-state index contributed by atoms with van der Waals surface area (Å²) in [4.78, 5) is 22.9. The summed E-state index contributed by atoms with van der Waals surface area (Å²) in [6.45, 7) is 7.48. The van der Waals surface area contributed by atoms with Gasteiger partial charge in [-0.3, -0.25) is 4.79 Å². The van der Waals surface area contributed by atoms with Crippen molar-refractivity contribution in [3.8, 4) is 17.0 Å². The molecule has 0 aliphatic carbocycles. The SMILES string of the molecule is CCOc1cccc(-c2cc(C(=O)N3CCN(c4cc(Cl)ccc4C)CC3)c3ccccc3n2)c1. The molecule has 1 aromatic heterocycles. The molecule has 0 atom stereocenters. The van der Waals surface area contributed by atoms with Crippen LogP contribution in [0.2, 0.25) is 5.02 Å². The van der Waals surface area contributed by atoms with Crippen molar-refractivity contribution in [1.29, 1.82) is 0 Å². The second-order valence-corrected chi connectivity index (χ2v) is 9.18. The van der Waals surface area contributed by atoms with Crippen molar-refractivity contribution in [2.75, 3.05) is 37.7 Å². The van der Waals surface area contributed by atoms with Gasteiger partial charge in [-0.1, -0.05) is 48.0 Å². The Bertz CT molecular complexity index is 1380. The fraction of sp³-hybridized carbons (Fsp3) is 0.241. The molecule has 1 amide bonds. The molecular weight excluding hydrogens is 458 g/mol. The normalized spacial score (nSPS) is 13.8. The van der Waals surface area contributed by atoms with E-state index in [-0.39, 0.29) is 5.91 Å². The summed E-state index contributed by atoms with van der Waals surface area (Å²) in [7, 11) is 0. The Morgan fingerprint density at radius 3 is 2.57 bits per heavy atom. The van der Waals surface area contributed by atoms with Crippen LogP contribution < -0.4 is 9.64 Å². The van der Waals surface area contributed by atoms with Crippen LogP contribution in [-0.4, -0.2) is 48.6 Å². The number of benzene rings is 3. The van der Waals surface area contributed by atoms with Crippen LogP contribution in [0.1, 0.15) is 22.8 Å². The zero-order valence-corrected chi connectivity index (χ0v) is 20.8. The molecule has 3 aromatic carbocycles. The monoisotopic (exact) mass is 485 g/mol. The third-order valence-electron chi connectivity index (χ3n) is 6.47. The lowest BCUT2D eigenvalue weighted by molar-refractivity contribution is 0.0748. The minimum atomic E-state index is 0.0354. The number of nitrogens with zero attached hydrogens (tertiary/aromatic N) is 3. The standard InChI is InChI=1S/C29H28ClN3O2/c1-3-35-23-8-6-7-21(17-23)27-19-25(24-9-4-5-10-26(24)31-27)29(34)33-15-13-32(14-16-33)28-18-22(30)12-11-20(28)2/h4-12,17-19H,3,13-16H2,1-2H3. The number of pyridine rings is 1. The Hall–Kier alpha value is -3.57. The molecule has 5 nitrogen and oxygen atoms in total. The fourth-order valence-corrected chi connectivity index (χ4v) is 4.82. The number of aromatic nitrogens is 1. The van der Waals surface area contributed by atoms with E-state index in [1.807, 2.05) is 84.6 Å². The smallest absolute Gasteiger partial charge is 0.254 e. The molecule has 1 saturated heterocycles. The van der Waals surface area contributed by atoms with Crippen LogP contribution in [0.15, 0.2) is 72.8 Å². The summed E-state index contributed by atoms with van der Waals surface area (Å²) < 4.78 is 5.67. The number of para-hydroxylation sites is 1. The second-order valence-electron chi connectivity index (χ2n) is 8.74. The third-order valence-corrected chi connectivity index (χ3v) is 6.70. The molecule has 178 valence electrons. The molecule has 1 aliphatic heterocycles. The molecule has 0 saturated carbocycles. The first kappa shape index (κ1) is 23.2. The van der Waals surface area contributed by atoms with E-state index in [1.165, 1.54) is 5.56 Å². The molecule has 0 unspecified atom stereocenters. The van der Waals surface area contributed by atoms with Gasteiger partial charge in [0, 0.05) is 47.8 Å². The number of hydrogen-bond acceptors (Lipinski definition) is 4. The summed E-state index contributed by atoms with van der Waals surface area (Å²) in [5.41, 5.74) is 5.51. The van der Waals surface area contributed by atoms with Crippen LogP contribution >= 0.6 is 11.6 Å². The van der Waals surface area contributed by atoms with Crippen molar-refractivity contribution in [2.45, 2.75) is 13.8 Å². The zero-order valence-electron chi connectivity index (χ0n) is 20.0. The van der Waals surface area contributed by atoms with Crippen LogP contribution in [0, 0.1) is 6.92 Å². The Labute approximate surface area is 210 Å². The van der Waals surface area contributed by atoms with E-state index >= 15 is 0 Å². The molecule has 0 N–H and O–H groups in total. The van der Waals surface area contributed by atoms with E-state index in [0.29, 0.717) is 25.3 Å². The van der Waals surface area contributed by atoms with E-state index in [4.69, 9.17) is 21.3 Å². The topological polar surface area (TPSA) is 45.7 Å². The highest BCUT2D eigenvalue weighted by Gasteiger charge is 2.25. The van der Waals surface area contributed by atoms with Gasteiger partial charge in [-0.25, -0.2) is 4.98 Å². The van der Waals surface area contributed by atoms with Gasteiger partial charge in [0.05, 0.1) is 23.4 Å². The van der Waals surface area contributed by atoms with Crippen LogP contribution in [0.3, 0.4) is 0 Å². The molecule has 0 spiro atoms. The zero-order chi connectivity index (χ0) is 24.4. The molecular formula is C29H28ClN3O2. The molecule has 0 bridgehead atoms. The maximum atomic E-state index is 13.8. The molecule has 4 aromatic rings. The first-order valence-electron chi connectivity index (χ1n) is 12.0. The van der Waals surface area contributed by atoms with Gasteiger partial charge in [-0.2, -0.15) is 0 Å². The van der Waals surface area contributed by atoms with Crippen LogP contribution in [-0.2, 0) is 0 Å². The molecule has 35 heavy (non-hydrogen) atoms. The van der Waals surface area contributed by atoms with Crippen LogP contribution in [0.25, 0.3) is 22.2 Å². The molecule has 2 heterocycles. The number of carbonyl (C=O) groups is 1. The van der Waals surface area contributed by atoms with Gasteiger partial charge in [0.2, 0.25) is 0 Å². The minimum absolute atomic E-state index is 0.0354. The van der Waals surface area contributed by atoms with Crippen molar-refractivity contribution in [2.24, 2.45) is 0 Å². The first-order valence-corrected chi connectivity index (χ1v) is 12.3. The van der Waals surface area contributed by atoms with Gasteiger partial charge < -0.3 is 14.5 Å². The molecule has 1 fully saturated rings. The molecule has 6 heteroatoms. The van der Waals surface area contributed by atoms with Crippen molar-refractivity contribution in [3.05, 3.63) is 88.9 Å². The number of amides is 1. The lowest BCUT2D eigenvalue weighted by Crippen LogP contribution is -2.49. The average molecular weight is 486 g/mol. The van der Waals surface area contributed by atoms with E-state index in [0.717, 1.165) is 51.7 Å². The number of fused-ring (bicyclic) bond motifs is 1. The summed E-state index contributed by atoms with van der Waals surface area (Å²) in [6.07, 6.45) is 0. The number of carbonyl (C=O) groups excluding carboxylic acids is 1. The number of aryl methyl sites for hydroxylation is 1. The minimum Gasteiger partial charge on any atom is -0.494 e. The molecule has 5 rings (SSSR count). The molecule has 0 radical (unpaired) electrons. The van der Waals surface area contributed by atoms with Crippen molar-refractivity contribution < 1.29 is 9.53 Å². The number of rotatable bonds is 5. The van der Waals surface area contributed by atoms with Gasteiger partial charge in [0.25, 0.3) is 5.91 Å². The summed E-state index contributed by atoms with van der Waals surface area (Å²) in [6, 6.07) is 23.6. The lowest BCUT2D eigenvalue weighted by atomic mass is 10.0. The van der Waals surface area contributed by atoms with E-state index in [1.54, 1.807) is 0 Å². The van der Waals surface area contributed by atoms with Crippen molar-refractivity contribution in [3.63, 3.8) is 0 Å². The maximum absolute atomic E-state index is 13.8. The highest BCUT2D eigenvalue weighted by Crippen LogP contribution is 2.29. The number of anilines is 1. The van der Waals surface area contributed by atoms with Gasteiger partial charge in [0.15, 0.2) is 0 Å². The van der Waals surface area contributed by atoms with E-state index < -0.39 is 0 Å². The molecule has 1 aliphatic rings. The summed E-state index contributed by atoms with van der Waals surface area (Å²) >= 11 is 6.24. The Kier molecular flexibility index (Phi) is 6.60. The van der Waals surface area contributed by atoms with Crippen LogP contribution in [0.5, 0.6) is 5.75 Å². The Morgan fingerprint density at radius 2 is 1.77 bits per heavy atom. The van der Waals surface area contributed by atoms with Crippen LogP contribution in [0.4, 0.5) is 5.69 Å². The predicted molar refractivity (Wildman–Crippen MR) is 143 cm³/mol. The van der Waals surface area contributed by atoms with Crippen molar-refractivity contribution in [1.82, 2.24) is 9.88 Å². The number of halogens is 1.